The quantitative estimate of drug-likeness (QED) is 0.779. The predicted octanol–water partition coefficient (Wildman–Crippen LogP) is 3.14. The number of fused-ring (bicyclic) bond motifs is 1. The lowest BCUT2D eigenvalue weighted by Crippen LogP contribution is -2.11. The fraction of sp³-hybridized carbons (Fsp3) is 0.0667. The molecule has 0 radical (unpaired) electrons. The number of hydrogen-bond donors (Lipinski definition) is 2. The summed E-state index contributed by atoms with van der Waals surface area (Å²) in [5.41, 5.74) is 7.78. The second-order valence-corrected chi connectivity index (χ2v) is 5.43. The Morgan fingerprint density at radius 1 is 1.29 bits per heavy atom. The number of hydrogen-bond acceptors (Lipinski definition) is 5. The van der Waals surface area contributed by atoms with Crippen LogP contribution in [0.15, 0.2) is 42.6 Å². The minimum absolute atomic E-state index is 0.235. The van der Waals surface area contributed by atoms with E-state index in [2.05, 4.69) is 10.3 Å². The lowest BCUT2D eigenvalue weighted by atomic mass is 10.2. The Labute approximate surface area is 125 Å². The van der Waals surface area contributed by atoms with Gasteiger partial charge in [0.05, 0.1) is 17.5 Å². The fourth-order valence-electron chi connectivity index (χ4n) is 1.98. The second-order valence-electron chi connectivity index (χ2n) is 4.38. The van der Waals surface area contributed by atoms with Crippen molar-refractivity contribution in [1.29, 1.82) is 0 Å². The number of nitrogens with one attached hydrogen (secondary N) is 1. The number of nitrogens with two attached hydrogens (primary N) is 1. The van der Waals surface area contributed by atoms with Crippen molar-refractivity contribution in [3.8, 4) is 5.75 Å². The van der Waals surface area contributed by atoms with Gasteiger partial charge in [-0.05, 0) is 36.4 Å². The molecule has 1 aromatic carbocycles. The summed E-state index contributed by atoms with van der Waals surface area (Å²) in [6, 6.07) is 10.8. The van der Waals surface area contributed by atoms with Gasteiger partial charge in [-0.2, -0.15) is 0 Å². The summed E-state index contributed by atoms with van der Waals surface area (Å²) >= 11 is 1.33. The molecule has 106 valence electrons. The Morgan fingerprint density at radius 3 is 2.71 bits per heavy atom. The molecule has 0 atom stereocenters. The summed E-state index contributed by atoms with van der Waals surface area (Å²) in [6.45, 7) is 0. The van der Waals surface area contributed by atoms with E-state index in [0.717, 1.165) is 10.4 Å². The van der Waals surface area contributed by atoms with Gasteiger partial charge in [0.2, 0.25) is 0 Å². The number of rotatable bonds is 3. The topological polar surface area (TPSA) is 77.2 Å². The number of nitrogen functional groups attached to an aromatic ring is 1. The molecule has 0 fully saturated rings. The van der Waals surface area contributed by atoms with Crippen molar-refractivity contribution < 1.29 is 9.53 Å². The molecule has 5 nitrogen and oxygen atoms in total. The SMILES string of the molecule is COc1ccc(NC(=O)c2sc3cccnc3c2N)cc1. The van der Waals surface area contributed by atoms with E-state index in [1.807, 2.05) is 12.1 Å². The maximum Gasteiger partial charge on any atom is 0.267 e. The number of carbonyl (C=O) groups is 1. The monoisotopic (exact) mass is 299 g/mol. The number of aromatic nitrogens is 1. The molecule has 0 aliphatic heterocycles. The molecule has 0 saturated carbocycles. The highest BCUT2D eigenvalue weighted by Gasteiger charge is 2.17. The molecule has 2 heterocycles. The third kappa shape index (κ3) is 2.53. The van der Waals surface area contributed by atoms with E-state index in [1.165, 1.54) is 11.3 Å². The van der Waals surface area contributed by atoms with Crippen molar-refractivity contribution in [2.45, 2.75) is 0 Å². The van der Waals surface area contributed by atoms with Gasteiger partial charge in [0.25, 0.3) is 5.91 Å². The second kappa shape index (κ2) is 5.41. The van der Waals surface area contributed by atoms with Crippen LogP contribution in [0.4, 0.5) is 11.4 Å². The van der Waals surface area contributed by atoms with Gasteiger partial charge in [0, 0.05) is 11.9 Å². The number of ether oxygens (including phenoxy) is 1. The zero-order valence-electron chi connectivity index (χ0n) is 11.3. The first-order valence-electron chi connectivity index (χ1n) is 6.27. The molecule has 0 aliphatic rings. The maximum absolute atomic E-state index is 12.3. The lowest BCUT2D eigenvalue weighted by Gasteiger charge is -2.05. The van der Waals surface area contributed by atoms with Crippen LogP contribution >= 0.6 is 11.3 Å². The average molecular weight is 299 g/mol. The Hall–Kier alpha value is -2.60. The van der Waals surface area contributed by atoms with Crippen molar-refractivity contribution in [3.63, 3.8) is 0 Å². The van der Waals surface area contributed by atoms with Gasteiger partial charge in [0.1, 0.15) is 16.1 Å². The Balaban J connectivity index is 1.87. The molecule has 0 bridgehead atoms. The first-order chi connectivity index (χ1) is 10.2. The first-order valence-corrected chi connectivity index (χ1v) is 7.09. The molecule has 21 heavy (non-hydrogen) atoms. The number of benzene rings is 1. The summed E-state index contributed by atoms with van der Waals surface area (Å²) in [6.07, 6.45) is 1.66. The molecular weight excluding hydrogens is 286 g/mol. The molecule has 2 aromatic heterocycles. The van der Waals surface area contributed by atoms with Gasteiger partial charge in [-0.25, -0.2) is 0 Å². The van der Waals surface area contributed by atoms with Crippen LogP contribution < -0.4 is 15.8 Å². The highest BCUT2D eigenvalue weighted by molar-refractivity contribution is 7.21. The maximum atomic E-state index is 12.3. The van der Waals surface area contributed by atoms with Crippen LogP contribution in [0.3, 0.4) is 0 Å². The molecule has 3 aromatic rings. The minimum atomic E-state index is -0.235. The van der Waals surface area contributed by atoms with Gasteiger partial charge < -0.3 is 15.8 Å². The highest BCUT2D eigenvalue weighted by Crippen LogP contribution is 2.32. The van der Waals surface area contributed by atoms with E-state index < -0.39 is 0 Å². The summed E-state index contributed by atoms with van der Waals surface area (Å²) in [5.74, 6) is 0.499. The number of anilines is 2. The van der Waals surface area contributed by atoms with E-state index in [1.54, 1.807) is 37.6 Å². The summed E-state index contributed by atoms with van der Waals surface area (Å²) in [4.78, 5) is 17.0. The number of thiophene rings is 1. The van der Waals surface area contributed by atoms with Gasteiger partial charge in [0.15, 0.2) is 0 Å². The van der Waals surface area contributed by atoms with E-state index in [0.29, 0.717) is 21.8 Å². The standard InChI is InChI=1S/C15H13N3O2S/c1-20-10-6-4-9(5-7-10)18-15(19)14-12(16)13-11(21-14)3-2-8-17-13/h2-8H,16H2,1H3,(H,18,19). The zero-order valence-corrected chi connectivity index (χ0v) is 12.1. The number of amides is 1. The Bertz CT molecular complexity index is 796. The van der Waals surface area contributed by atoms with Crippen molar-refractivity contribution in [3.05, 3.63) is 47.5 Å². The molecule has 6 heteroatoms. The third-order valence-electron chi connectivity index (χ3n) is 3.04. The summed E-state index contributed by atoms with van der Waals surface area (Å²) in [5, 5.41) is 2.82. The van der Waals surface area contributed by atoms with Crippen LogP contribution in [-0.2, 0) is 0 Å². The van der Waals surface area contributed by atoms with E-state index >= 15 is 0 Å². The molecule has 0 saturated heterocycles. The number of pyridine rings is 1. The van der Waals surface area contributed by atoms with Crippen molar-refractivity contribution in [2.24, 2.45) is 0 Å². The van der Waals surface area contributed by atoms with Crippen LogP contribution in [0.25, 0.3) is 10.2 Å². The smallest absolute Gasteiger partial charge is 0.267 e. The predicted molar refractivity (Wildman–Crippen MR) is 85.0 cm³/mol. The minimum Gasteiger partial charge on any atom is -0.497 e. The highest BCUT2D eigenvalue weighted by atomic mass is 32.1. The van der Waals surface area contributed by atoms with Gasteiger partial charge >= 0.3 is 0 Å². The van der Waals surface area contributed by atoms with Gasteiger partial charge in [-0.15, -0.1) is 11.3 Å². The van der Waals surface area contributed by atoms with E-state index in [-0.39, 0.29) is 5.91 Å². The largest absolute Gasteiger partial charge is 0.497 e. The number of nitrogens with zero attached hydrogens (tertiary/aromatic N) is 1. The van der Waals surface area contributed by atoms with E-state index in [4.69, 9.17) is 10.5 Å². The Kier molecular flexibility index (Phi) is 3.45. The van der Waals surface area contributed by atoms with Crippen LogP contribution in [0.2, 0.25) is 0 Å². The van der Waals surface area contributed by atoms with Crippen LogP contribution in [0.1, 0.15) is 9.67 Å². The van der Waals surface area contributed by atoms with Crippen molar-refractivity contribution in [1.82, 2.24) is 4.98 Å². The molecule has 0 spiro atoms. The van der Waals surface area contributed by atoms with Gasteiger partial charge in [-0.1, -0.05) is 0 Å². The Morgan fingerprint density at radius 2 is 2.05 bits per heavy atom. The first kappa shape index (κ1) is 13.4. The molecule has 0 aliphatic carbocycles. The number of carbonyl (C=O) groups excluding carboxylic acids is 1. The summed E-state index contributed by atoms with van der Waals surface area (Å²) in [7, 11) is 1.60. The molecule has 3 N–H and O–H groups in total. The lowest BCUT2D eigenvalue weighted by molar-refractivity contribution is 0.103. The summed E-state index contributed by atoms with van der Waals surface area (Å²) < 4.78 is 5.98. The van der Waals surface area contributed by atoms with Crippen LogP contribution in [0.5, 0.6) is 5.75 Å². The van der Waals surface area contributed by atoms with Crippen molar-refractivity contribution >= 4 is 38.8 Å². The van der Waals surface area contributed by atoms with E-state index in [9.17, 15) is 4.79 Å². The third-order valence-corrected chi connectivity index (χ3v) is 4.20. The van der Waals surface area contributed by atoms with Gasteiger partial charge in [-0.3, -0.25) is 9.78 Å². The van der Waals surface area contributed by atoms with Crippen LogP contribution in [-0.4, -0.2) is 18.0 Å². The number of methoxy groups -OCH3 is 1. The molecular formula is C15H13N3O2S. The normalized spacial score (nSPS) is 10.5. The molecule has 0 unspecified atom stereocenters. The molecule has 1 amide bonds. The fourth-order valence-corrected chi connectivity index (χ4v) is 2.95. The van der Waals surface area contributed by atoms with Crippen molar-refractivity contribution in [2.75, 3.05) is 18.2 Å². The van der Waals surface area contributed by atoms with Crippen LogP contribution in [0, 0.1) is 0 Å². The molecule has 3 rings (SSSR count). The average Bonchev–Trinajstić information content (AvgIpc) is 2.86. The zero-order chi connectivity index (χ0) is 14.8.